The second-order valence-electron chi connectivity index (χ2n) is 3.13. The molecule has 2 N–H and O–H groups in total. The number of aromatic nitrogens is 1. The Labute approximate surface area is 88.3 Å². The fourth-order valence-electron chi connectivity index (χ4n) is 1.11. The molecule has 1 rings (SSSR count). The number of nitrogens with two attached hydrogens (primary N) is 1. The van der Waals surface area contributed by atoms with E-state index in [9.17, 15) is 0 Å². The minimum absolute atomic E-state index is 0.457. The van der Waals surface area contributed by atoms with Crippen LogP contribution in [-0.4, -0.2) is 11.5 Å². The van der Waals surface area contributed by atoms with Gasteiger partial charge in [0.05, 0.1) is 11.4 Å². The number of aryl methyl sites for hydroxylation is 1. The van der Waals surface area contributed by atoms with Crippen LogP contribution in [0, 0.1) is 6.92 Å². The minimum atomic E-state index is 0.457. The fourth-order valence-corrected chi connectivity index (χ4v) is 1.11. The molecule has 0 aliphatic heterocycles. The van der Waals surface area contributed by atoms with Crippen molar-refractivity contribution in [2.24, 2.45) is 5.11 Å². The number of rotatable bonds is 4. The fraction of sp³-hybridized carbons (Fsp3) is 0.300. The second kappa shape index (κ2) is 5.67. The van der Waals surface area contributed by atoms with Crippen molar-refractivity contribution < 1.29 is 0 Å². The summed E-state index contributed by atoms with van der Waals surface area (Å²) >= 11 is 0. The van der Waals surface area contributed by atoms with E-state index in [0.29, 0.717) is 18.7 Å². The Kier molecular flexibility index (Phi) is 4.19. The molecule has 0 saturated carbocycles. The van der Waals surface area contributed by atoms with E-state index in [0.717, 1.165) is 11.3 Å². The summed E-state index contributed by atoms with van der Waals surface area (Å²) in [6.07, 6.45) is 6.19. The lowest BCUT2D eigenvalue weighted by atomic mass is 10.2. The molecule has 0 amide bonds. The van der Waals surface area contributed by atoms with Crippen LogP contribution in [0.3, 0.4) is 0 Å². The van der Waals surface area contributed by atoms with Crippen molar-refractivity contribution in [2.45, 2.75) is 13.3 Å². The van der Waals surface area contributed by atoms with Crippen LogP contribution >= 0.6 is 0 Å². The van der Waals surface area contributed by atoms with E-state index in [2.05, 4.69) is 15.0 Å². The van der Waals surface area contributed by atoms with E-state index in [-0.39, 0.29) is 0 Å². The van der Waals surface area contributed by atoms with Crippen molar-refractivity contribution in [2.75, 3.05) is 12.3 Å². The van der Waals surface area contributed by atoms with Gasteiger partial charge in [0.25, 0.3) is 0 Å². The van der Waals surface area contributed by atoms with Gasteiger partial charge < -0.3 is 5.73 Å². The molecule has 0 radical (unpaired) electrons. The third kappa shape index (κ3) is 3.70. The number of pyridine rings is 1. The summed E-state index contributed by atoms with van der Waals surface area (Å²) in [7, 11) is 0. The first-order valence-electron chi connectivity index (χ1n) is 4.63. The molecule has 0 bridgehead atoms. The Hall–Kier alpha value is -2.00. The van der Waals surface area contributed by atoms with Crippen LogP contribution in [0.5, 0.6) is 0 Å². The highest BCUT2D eigenvalue weighted by molar-refractivity contribution is 5.60. The molecule has 0 aromatic carbocycles. The third-order valence-corrected chi connectivity index (χ3v) is 1.82. The molecule has 1 aromatic heterocycles. The van der Waals surface area contributed by atoms with Crippen molar-refractivity contribution in [3.8, 4) is 0 Å². The lowest BCUT2D eigenvalue weighted by Gasteiger charge is -1.99. The van der Waals surface area contributed by atoms with Crippen LogP contribution in [0.15, 0.2) is 23.5 Å². The van der Waals surface area contributed by atoms with Gasteiger partial charge in [-0.2, -0.15) is 0 Å². The number of anilines is 1. The highest BCUT2D eigenvalue weighted by Gasteiger charge is 1.95. The summed E-state index contributed by atoms with van der Waals surface area (Å²) < 4.78 is 0. The standard InChI is InChI=1S/C10H13N5/c1-8-6-9(11)10(13-7-8)4-2-3-5-14-15-12/h2,4,6-7H,3,5,11H2,1H3. The molecule has 1 aromatic rings. The Morgan fingerprint density at radius 3 is 3.13 bits per heavy atom. The van der Waals surface area contributed by atoms with Crippen LogP contribution in [-0.2, 0) is 0 Å². The van der Waals surface area contributed by atoms with Crippen molar-refractivity contribution in [1.82, 2.24) is 4.98 Å². The van der Waals surface area contributed by atoms with E-state index in [1.807, 2.05) is 25.1 Å². The van der Waals surface area contributed by atoms with Gasteiger partial charge >= 0.3 is 0 Å². The molecule has 0 aliphatic carbocycles. The topological polar surface area (TPSA) is 87.7 Å². The second-order valence-corrected chi connectivity index (χ2v) is 3.13. The molecule has 0 spiro atoms. The van der Waals surface area contributed by atoms with Gasteiger partial charge in [-0.05, 0) is 36.6 Å². The smallest absolute Gasteiger partial charge is 0.0855 e. The quantitative estimate of drug-likeness (QED) is 0.353. The predicted octanol–water partition coefficient (Wildman–Crippen LogP) is 2.69. The first kappa shape index (κ1) is 11.1. The van der Waals surface area contributed by atoms with E-state index >= 15 is 0 Å². The van der Waals surface area contributed by atoms with Gasteiger partial charge in [-0.3, -0.25) is 4.98 Å². The van der Waals surface area contributed by atoms with Crippen molar-refractivity contribution in [3.63, 3.8) is 0 Å². The van der Waals surface area contributed by atoms with Gasteiger partial charge in [-0.15, -0.1) is 0 Å². The summed E-state index contributed by atoms with van der Waals surface area (Å²) in [6, 6.07) is 1.88. The molecule has 15 heavy (non-hydrogen) atoms. The maximum absolute atomic E-state index is 8.06. The summed E-state index contributed by atoms with van der Waals surface area (Å²) in [5.74, 6) is 0. The van der Waals surface area contributed by atoms with Gasteiger partial charge in [0.15, 0.2) is 0 Å². The average Bonchev–Trinajstić information content (AvgIpc) is 2.20. The molecule has 0 unspecified atom stereocenters. The Morgan fingerprint density at radius 1 is 1.67 bits per heavy atom. The average molecular weight is 203 g/mol. The van der Waals surface area contributed by atoms with Gasteiger partial charge in [0.2, 0.25) is 0 Å². The monoisotopic (exact) mass is 203 g/mol. The largest absolute Gasteiger partial charge is 0.397 e. The normalized spacial score (nSPS) is 10.2. The highest BCUT2D eigenvalue weighted by atomic mass is 15.1. The van der Waals surface area contributed by atoms with E-state index in [1.54, 1.807) is 6.20 Å². The SMILES string of the molecule is Cc1cnc(C=CCCN=[N+]=[N-])c(N)c1. The molecule has 5 heteroatoms. The van der Waals surface area contributed by atoms with E-state index < -0.39 is 0 Å². The molecule has 78 valence electrons. The number of nitrogen functional groups attached to an aromatic ring is 1. The Balaban J connectivity index is 2.60. The van der Waals surface area contributed by atoms with Crippen LogP contribution < -0.4 is 5.73 Å². The molecule has 1 heterocycles. The van der Waals surface area contributed by atoms with Crippen LogP contribution in [0.4, 0.5) is 5.69 Å². The predicted molar refractivity (Wildman–Crippen MR) is 61.1 cm³/mol. The van der Waals surface area contributed by atoms with Gasteiger partial charge in [0, 0.05) is 17.7 Å². The maximum Gasteiger partial charge on any atom is 0.0855 e. The molecular formula is C10H13N5. The summed E-state index contributed by atoms with van der Waals surface area (Å²) in [6.45, 7) is 2.40. The van der Waals surface area contributed by atoms with Crippen molar-refractivity contribution in [3.05, 3.63) is 40.0 Å². The van der Waals surface area contributed by atoms with Gasteiger partial charge in [-0.1, -0.05) is 11.2 Å². The van der Waals surface area contributed by atoms with Gasteiger partial charge in [-0.25, -0.2) is 0 Å². The summed E-state index contributed by atoms with van der Waals surface area (Å²) in [5.41, 5.74) is 16.3. The van der Waals surface area contributed by atoms with Crippen molar-refractivity contribution in [1.29, 1.82) is 0 Å². The summed E-state index contributed by atoms with van der Waals surface area (Å²) in [4.78, 5) is 6.84. The maximum atomic E-state index is 8.06. The Morgan fingerprint density at radius 2 is 2.47 bits per heavy atom. The molecular weight excluding hydrogens is 190 g/mol. The number of nitrogens with zero attached hydrogens (tertiary/aromatic N) is 4. The molecule has 0 saturated heterocycles. The zero-order valence-corrected chi connectivity index (χ0v) is 8.59. The number of azide groups is 1. The third-order valence-electron chi connectivity index (χ3n) is 1.82. The lowest BCUT2D eigenvalue weighted by Crippen LogP contribution is -1.93. The highest BCUT2D eigenvalue weighted by Crippen LogP contribution is 2.12. The van der Waals surface area contributed by atoms with Crippen molar-refractivity contribution >= 4 is 11.8 Å². The molecule has 5 nitrogen and oxygen atoms in total. The first-order chi connectivity index (χ1) is 7.24. The molecule has 0 fully saturated rings. The van der Waals surface area contributed by atoms with Gasteiger partial charge in [0.1, 0.15) is 0 Å². The van der Waals surface area contributed by atoms with E-state index in [1.165, 1.54) is 0 Å². The van der Waals surface area contributed by atoms with Crippen LogP contribution in [0.2, 0.25) is 0 Å². The summed E-state index contributed by atoms with van der Waals surface area (Å²) in [5, 5.41) is 3.42. The molecule has 0 atom stereocenters. The minimum Gasteiger partial charge on any atom is -0.397 e. The molecule has 0 aliphatic rings. The number of hydrogen-bond acceptors (Lipinski definition) is 3. The lowest BCUT2D eigenvalue weighted by molar-refractivity contribution is 0.995. The van der Waals surface area contributed by atoms with E-state index in [4.69, 9.17) is 11.3 Å². The zero-order chi connectivity index (χ0) is 11.1. The number of hydrogen-bond donors (Lipinski definition) is 1. The zero-order valence-electron chi connectivity index (χ0n) is 8.59. The Bertz CT molecular complexity index is 404. The first-order valence-corrected chi connectivity index (χ1v) is 4.63. The van der Waals surface area contributed by atoms with Crippen LogP contribution in [0.1, 0.15) is 17.7 Å². The van der Waals surface area contributed by atoms with Crippen LogP contribution in [0.25, 0.3) is 16.5 Å².